The minimum atomic E-state index is -0.202. The predicted molar refractivity (Wildman–Crippen MR) is 76.7 cm³/mol. The van der Waals surface area contributed by atoms with E-state index in [0.717, 1.165) is 0 Å². The lowest BCUT2D eigenvalue weighted by Gasteiger charge is -2.21. The Labute approximate surface area is 118 Å². The van der Waals surface area contributed by atoms with E-state index >= 15 is 0 Å². The van der Waals surface area contributed by atoms with Crippen molar-refractivity contribution < 1.29 is 9.53 Å². The van der Waals surface area contributed by atoms with Gasteiger partial charge in [-0.05, 0) is 24.1 Å². The molecule has 0 aliphatic rings. The highest BCUT2D eigenvalue weighted by molar-refractivity contribution is 7.80. The lowest BCUT2D eigenvalue weighted by molar-refractivity contribution is 0.0866. The minimum absolute atomic E-state index is 0.0397. The largest absolute Gasteiger partial charge is 0.383 e. The van der Waals surface area contributed by atoms with Gasteiger partial charge in [0.2, 0.25) is 0 Å². The van der Waals surface area contributed by atoms with E-state index in [9.17, 15) is 4.79 Å². The van der Waals surface area contributed by atoms with E-state index in [1.54, 1.807) is 25.3 Å². The highest BCUT2D eigenvalue weighted by atomic mass is 35.5. The molecular formula is C13H18ClNO2S. The minimum Gasteiger partial charge on any atom is -0.383 e. The molecule has 1 unspecified atom stereocenters. The van der Waals surface area contributed by atoms with E-state index in [1.165, 1.54) is 0 Å². The SMILES string of the molecule is COCC(NC(=O)c1cc(S)ccc1Cl)C(C)C. The molecule has 1 atom stereocenters. The molecule has 5 heteroatoms. The highest BCUT2D eigenvalue weighted by Gasteiger charge is 2.18. The van der Waals surface area contributed by atoms with Gasteiger partial charge in [0.1, 0.15) is 0 Å². The smallest absolute Gasteiger partial charge is 0.253 e. The number of thiol groups is 1. The second-order valence-electron chi connectivity index (χ2n) is 4.44. The summed E-state index contributed by atoms with van der Waals surface area (Å²) in [5.74, 6) is 0.0820. The third kappa shape index (κ3) is 4.19. The first-order valence-corrected chi connectivity index (χ1v) is 6.56. The van der Waals surface area contributed by atoms with Crippen LogP contribution in [0.4, 0.5) is 0 Å². The van der Waals surface area contributed by atoms with Gasteiger partial charge in [-0.2, -0.15) is 0 Å². The van der Waals surface area contributed by atoms with Gasteiger partial charge in [-0.25, -0.2) is 0 Å². The zero-order valence-electron chi connectivity index (χ0n) is 10.7. The topological polar surface area (TPSA) is 38.3 Å². The van der Waals surface area contributed by atoms with Crippen molar-refractivity contribution in [3.05, 3.63) is 28.8 Å². The van der Waals surface area contributed by atoms with E-state index < -0.39 is 0 Å². The number of hydrogen-bond acceptors (Lipinski definition) is 3. The molecule has 0 radical (unpaired) electrons. The van der Waals surface area contributed by atoms with Crippen LogP contribution in [0.15, 0.2) is 23.1 Å². The van der Waals surface area contributed by atoms with E-state index in [1.807, 2.05) is 13.8 Å². The molecule has 1 aromatic carbocycles. The number of methoxy groups -OCH3 is 1. The molecule has 0 fully saturated rings. The zero-order chi connectivity index (χ0) is 13.7. The maximum Gasteiger partial charge on any atom is 0.253 e. The molecule has 0 aliphatic carbocycles. The van der Waals surface area contributed by atoms with Gasteiger partial charge in [0.25, 0.3) is 5.91 Å². The fourth-order valence-electron chi connectivity index (χ4n) is 1.51. The normalized spacial score (nSPS) is 12.6. The van der Waals surface area contributed by atoms with E-state index in [4.69, 9.17) is 16.3 Å². The van der Waals surface area contributed by atoms with Gasteiger partial charge in [-0.3, -0.25) is 4.79 Å². The molecule has 0 saturated carbocycles. The average Bonchev–Trinajstić information content (AvgIpc) is 2.31. The van der Waals surface area contributed by atoms with E-state index in [-0.39, 0.29) is 17.9 Å². The van der Waals surface area contributed by atoms with Gasteiger partial charge in [0.15, 0.2) is 0 Å². The lowest BCUT2D eigenvalue weighted by Crippen LogP contribution is -2.41. The summed E-state index contributed by atoms with van der Waals surface area (Å²) in [4.78, 5) is 12.8. The molecule has 100 valence electrons. The van der Waals surface area contributed by atoms with Crippen molar-refractivity contribution in [2.45, 2.75) is 24.8 Å². The first-order valence-electron chi connectivity index (χ1n) is 5.74. The van der Waals surface area contributed by atoms with Crippen LogP contribution in [0.2, 0.25) is 5.02 Å². The Balaban J connectivity index is 2.83. The van der Waals surface area contributed by atoms with Crippen molar-refractivity contribution in [3.63, 3.8) is 0 Å². The number of rotatable bonds is 5. The Bertz CT molecular complexity index is 423. The third-order valence-corrected chi connectivity index (χ3v) is 3.27. The van der Waals surface area contributed by atoms with Crippen LogP contribution in [0.3, 0.4) is 0 Å². The number of benzene rings is 1. The van der Waals surface area contributed by atoms with Gasteiger partial charge in [0.05, 0.1) is 23.2 Å². The Hall–Kier alpha value is -0.710. The molecule has 0 heterocycles. The number of nitrogens with one attached hydrogen (secondary N) is 1. The number of amides is 1. The summed E-state index contributed by atoms with van der Waals surface area (Å²) in [6, 6.07) is 5.03. The third-order valence-electron chi connectivity index (χ3n) is 2.66. The molecule has 3 nitrogen and oxygen atoms in total. The second kappa shape index (κ2) is 7.02. The molecule has 0 spiro atoms. The molecule has 1 aromatic rings. The first-order chi connectivity index (χ1) is 8.45. The van der Waals surface area contributed by atoms with Crippen LogP contribution < -0.4 is 5.32 Å². The molecule has 1 rings (SSSR count). The average molecular weight is 288 g/mol. The van der Waals surface area contributed by atoms with Gasteiger partial charge in [-0.15, -0.1) is 12.6 Å². The standard InChI is InChI=1S/C13H18ClNO2S/c1-8(2)12(7-17-3)15-13(16)10-6-9(18)4-5-11(10)14/h4-6,8,12,18H,7H2,1-3H3,(H,15,16). The van der Waals surface area contributed by atoms with Crippen molar-refractivity contribution in [3.8, 4) is 0 Å². The number of carbonyl (C=O) groups is 1. The van der Waals surface area contributed by atoms with Crippen molar-refractivity contribution in [2.75, 3.05) is 13.7 Å². The summed E-state index contributed by atoms with van der Waals surface area (Å²) in [6.07, 6.45) is 0. The van der Waals surface area contributed by atoms with Gasteiger partial charge in [-0.1, -0.05) is 25.4 Å². The monoisotopic (exact) mass is 287 g/mol. The van der Waals surface area contributed by atoms with Crippen molar-refractivity contribution in [1.29, 1.82) is 0 Å². The Morgan fingerprint density at radius 1 is 1.50 bits per heavy atom. The van der Waals surface area contributed by atoms with E-state index in [2.05, 4.69) is 17.9 Å². The van der Waals surface area contributed by atoms with Crippen molar-refractivity contribution in [2.24, 2.45) is 5.92 Å². The molecule has 0 saturated heterocycles. The quantitative estimate of drug-likeness (QED) is 0.817. The molecule has 0 bridgehead atoms. The van der Waals surface area contributed by atoms with Gasteiger partial charge >= 0.3 is 0 Å². The van der Waals surface area contributed by atoms with Crippen LogP contribution in [0.25, 0.3) is 0 Å². The summed E-state index contributed by atoms with van der Waals surface area (Å²) in [6.45, 7) is 4.53. The van der Waals surface area contributed by atoms with Crippen molar-refractivity contribution >= 4 is 30.1 Å². The molecule has 0 aromatic heterocycles. The van der Waals surface area contributed by atoms with Crippen LogP contribution in [0, 0.1) is 5.92 Å². The maximum absolute atomic E-state index is 12.1. The van der Waals surface area contributed by atoms with Crippen LogP contribution in [-0.2, 0) is 4.74 Å². The van der Waals surface area contributed by atoms with Crippen molar-refractivity contribution in [1.82, 2.24) is 5.32 Å². The predicted octanol–water partition coefficient (Wildman–Crippen LogP) is 3.03. The second-order valence-corrected chi connectivity index (χ2v) is 5.37. The number of halogens is 1. The summed E-state index contributed by atoms with van der Waals surface area (Å²) in [5, 5.41) is 3.34. The zero-order valence-corrected chi connectivity index (χ0v) is 12.4. The number of hydrogen-bond donors (Lipinski definition) is 2. The molecule has 0 aliphatic heterocycles. The molecule has 1 amide bonds. The molecule has 1 N–H and O–H groups in total. The van der Waals surface area contributed by atoms with Gasteiger partial charge < -0.3 is 10.1 Å². The summed E-state index contributed by atoms with van der Waals surface area (Å²) >= 11 is 10.2. The molecular weight excluding hydrogens is 270 g/mol. The number of carbonyl (C=O) groups excluding carboxylic acids is 1. The highest BCUT2D eigenvalue weighted by Crippen LogP contribution is 2.20. The Morgan fingerprint density at radius 3 is 2.72 bits per heavy atom. The maximum atomic E-state index is 12.1. The van der Waals surface area contributed by atoms with E-state index in [0.29, 0.717) is 22.1 Å². The first kappa shape index (κ1) is 15.3. The Kier molecular flexibility index (Phi) is 5.99. The van der Waals surface area contributed by atoms with Crippen LogP contribution >= 0.6 is 24.2 Å². The Morgan fingerprint density at radius 2 is 2.17 bits per heavy atom. The molecule has 18 heavy (non-hydrogen) atoms. The van der Waals surface area contributed by atoms with Crippen LogP contribution in [-0.4, -0.2) is 25.7 Å². The summed E-state index contributed by atoms with van der Waals surface area (Å²) < 4.78 is 5.09. The van der Waals surface area contributed by atoms with Gasteiger partial charge in [0, 0.05) is 12.0 Å². The summed E-state index contributed by atoms with van der Waals surface area (Å²) in [7, 11) is 1.61. The lowest BCUT2D eigenvalue weighted by atomic mass is 10.0. The summed E-state index contributed by atoms with van der Waals surface area (Å²) in [5.41, 5.74) is 0.436. The fourth-order valence-corrected chi connectivity index (χ4v) is 1.92. The number of ether oxygens (including phenoxy) is 1. The fraction of sp³-hybridized carbons (Fsp3) is 0.462. The van der Waals surface area contributed by atoms with Crippen LogP contribution in [0.5, 0.6) is 0 Å². The van der Waals surface area contributed by atoms with Crippen LogP contribution in [0.1, 0.15) is 24.2 Å².